The van der Waals surface area contributed by atoms with Gasteiger partial charge in [0.1, 0.15) is 5.75 Å². The number of hydrogen-bond acceptors (Lipinski definition) is 5. The maximum absolute atomic E-state index is 11.8. The molecule has 0 bridgehead atoms. The second-order valence-electron chi connectivity index (χ2n) is 4.21. The van der Waals surface area contributed by atoms with Crippen LogP contribution in [0.15, 0.2) is 42.7 Å². The number of methoxy groups -OCH3 is 1. The molecule has 0 aliphatic heterocycles. The quantitative estimate of drug-likeness (QED) is 0.857. The van der Waals surface area contributed by atoms with Crippen molar-refractivity contribution in [3.05, 3.63) is 53.3 Å². The van der Waals surface area contributed by atoms with Crippen LogP contribution >= 0.6 is 11.6 Å². The van der Waals surface area contributed by atoms with Gasteiger partial charge in [-0.15, -0.1) is 0 Å². The summed E-state index contributed by atoms with van der Waals surface area (Å²) in [5, 5.41) is 3.02. The number of pyridine rings is 1. The Labute approximate surface area is 132 Å². The number of nitrogens with zero attached hydrogens (tertiary/aromatic N) is 1. The van der Waals surface area contributed by atoms with E-state index in [1.54, 1.807) is 30.3 Å². The van der Waals surface area contributed by atoms with Gasteiger partial charge in [-0.25, -0.2) is 4.79 Å². The Balaban J connectivity index is 1.94. The van der Waals surface area contributed by atoms with Crippen LogP contribution in [-0.2, 0) is 9.53 Å². The van der Waals surface area contributed by atoms with E-state index < -0.39 is 18.5 Å². The van der Waals surface area contributed by atoms with Gasteiger partial charge in [0.2, 0.25) is 0 Å². The van der Waals surface area contributed by atoms with E-state index in [0.717, 1.165) is 0 Å². The van der Waals surface area contributed by atoms with Crippen LogP contribution in [0.4, 0.5) is 5.69 Å². The number of rotatable bonds is 5. The van der Waals surface area contributed by atoms with E-state index in [0.29, 0.717) is 16.5 Å². The Morgan fingerprint density at radius 2 is 2.14 bits per heavy atom. The van der Waals surface area contributed by atoms with E-state index in [9.17, 15) is 9.59 Å². The zero-order valence-corrected chi connectivity index (χ0v) is 12.5. The van der Waals surface area contributed by atoms with Crippen molar-refractivity contribution in [1.29, 1.82) is 0 Å². The van der Waals surface area contributed by atoms with Gasteiger partial charge < -0.3 is 14.8 Å². The molecule has 22 heavy (non-hydrogen) atoms. The first-order valence-electron chi connectivity index (χ1n) is 6.30. The molecule has 0 spiro atoms. The molecular weight excluding hydrogens is 308 g/mol. The highest BCUT2D eigenvalue weighted by molar-refractivity contribution is 6.31. The summed E-state index contributed by atoms with van der Waals surface area (Å²) in [5.74, 6) is -0.671. The summed E-state index contributed by atoms with van der Waals surface area (Å²) < 4.78 is 10.0. The van der Waals surface area contributed by atoms with Crippen LogP contribution in [0.1, 0.15) is 10.4 Å². The summed E-state index contributed by atoms with van der Waals surface area (Å²) in [6.07, 6.45) is 2.90. The monoisotopic (exact) mass is 320 g/mol. The van der Waals surface area contributed by atoms with E-state index in [1.165, 1.54) is 19.5 Å². The number of benzene rings is 1. The number of carbonyl (C=O) groups is 2. The molecule has 0 saturated carbocycles. The molecule has 114 valence electrons. The number of anilines is 1. The van der Waals surface area contributed by atoms with Crippen molar-refractivity contribution >= 4 is 29.2 Å². The average Bonchev–Trinajstić information content (AvgIpc) is 2.53. The van der Waals surface area contributed by atoms with Crippen molar-refractivity contribution < 1.29 is 19.1 Å². The largest absolute Gasteiger partial charge is 0.495 e. The van der Waals surface area contributed by atoms with E-state index in [1.807, 2.05) is 0 Å². The Hall–Kier alpha value is -2.60. The minimum Gasteiger partial charge on any atom is -0.495 e. The maximum atomic E-state index is 11.8. The summed E-state index contributed by atoms with van der Waals surface area (Å²) in [5.41, 5.74) is 0.674. The molecule has 0 fully saturated rings. The summed E-state index contributed by atoms with van der Waals surface area (Å²) in [4.78, 5) is 27.3. The average molecular weight is 321 g/mol. The number of nitrogens with one attached hydrogen (secondary N) is 1. The van der Waals surface area contributed by atoms with Gasteiger partial charge >= 0.3 is 5.97 Å². The topological polar surface area (TPSA) is 77.5 Å². The normalized spacial score (nSPS) is 9.91. The summed E-state index contributed by atoms with van der Waals surface area (Å²) >= 11 is 5.87. The van der Waals surface area contributed by atoms with E-state index >= 15 is 0 Å². The van der Waals surface area contributed by atoms with Crippen LogP contribution in [0, 0.1) is 0 Å². The molecule has 0 aliphatic rings. The zero-order chi connectivity index (χ0) is 15.9. The van der Waals surface area contributed by atoms with Gasteiger partial charge in [0.25, 0.3) is 5.91 Å². The third kappa shape index (κ3) is 4.20. The molecule has 2 rings (SSSR count). The molecule has 1 N–H and O–H groups in total. The fraction of sp³-hybridized carbons (Fsp3) is 0.133. The van der Waals surface area contributed by atoms with Gasteiger partial charge in [0.05, 0.1) is 18.4 Å². The molecule has 0 atom stereocenters. The van der Waals surface area contributed by atoms with Gasteiger partial charge in [-0.05, 0) is 30.3 Å². The minimum atomic E-state index is -0.624. The lowest BCUT2D eigenvalue weighted by Gasteiger charge is -2.10. The van der Waals surface area contributed by atoms with Gasteiger partial charge in [-0.1, -0.05) is 11.6 Å². The molecular formula is C15H13ClN2O4. The first kappa shape index (κ1) is 15.8. The van der Waals surface area contributed by atoms with Crippen LogP contribution in [0.25, 0.3) is 0 Å². The van der Waals surface area contributed by atoms with E-state index in [-0.39, 0.29) is 5.56 Å². The number of hydrogen-bond donors (Lipinski definition) is 1. The summed E-state index contributed by atoms with van der Waals surface area (Å²) in [7, 11) is 1.47. The van der Waals surface area contributed by atoms with Crippen LogP contribution in [0.3, 0.4) is 0 Å². The van der Waals surface area contributed by atoms with E-state index in [4.69, 9.17) is 21.1 Å². The van der Waals surface area contributed by atoms with Crippen LogP contribution < -0.4 is 10.1 Å². The lowest BCUT2D eigenvalue weighted by molar-refractivity contribution is -0.119. The fourth-order valence-electron chi connectivity index (χ4n) is 1.66. The number of ether oxygens (including phenoxy) is 2. The van der Waals surface area contributed by atoms with Gasteiger partial charge in [0.15, 0.2) is 6.61 Å². The maximum Gasteiger partial charge on any atom is 0.340 e. The number of aromatic nitrogens is 1. The molecule has 1 amide bonds. The molecule has 1 heterocycles. The number of amides is 1. The first-order chi connectivity index (χ1) is 10.6. The number of esters is 1. The van der Waals surface area contributed by atoms with Crippen LogP contribution in [-0.4, -0.2) is 30.6 Å². The molecule has 0 aliphatic carbocycles. The lowest BCUT2D eigenvalue weighted by Crippen LogP contribution is -2.21. The Morgan fingerprint density at radius 1 is 1.32 bits per heavy atom. The third-order valence-electron chi connectivity index (χ3n) is 2.67. The summed E-state index contributed by atoms with van der Waals surface area (Å²) in [6, 6.07) is 7.96. The van der Waals surface area contributed by atoms with E-state index in [2.05, 4.69) is 10.3 Å². The molecule has 1 aromatic carbocycles. The third-order valence-corrected chi connectivity index (χ3v) is 2.90. The predicted molar refractivity (Wildman–Crippen MR) is 81.2 cm³/mol. The number of carbonyl (C=O) groups excluding carboxylic acids is 2. The second kappa shape index (κ2) is 7.42. The van der Waals surface area contributed by atoms with Crippen LogP contribution in [0.2, 0.25) is 5.02 Å². The highest BCUT2D eigenvalue weighted by atomic mass is 35.5. The second-order valence-corrected chi connectivity index (χ2v) is 4.65. The van der Waals surface area contributed by atoms with Gasteiger partial charge in [-0.2, -0.15) is 0 Å². The first-order valence-corrected chi connectivity index (χ1v) is 6.68. The Bertz CT molecular complexity index is 676. The van der Waals surface area contributed by atoms with Gasteiger partial charge in [0, 0.05) is 17.4 Å². The molecule has 0 radical (unpaired) electrons. The standard InChI is InChI=1S/C15H13ClN2O4/c1-21-13-5-4-11(16)7-12(13)18-14(19)9-22-15(20)10-3-2-6-17-8-10/h2-8H,9H2,1H3,(H,18,19). The molecule has 1 aromatic heterocycles. The Kier molecular flexibility index (Phi) is 5.32. The van der Waals surface area contributed by atoms with Crippen molar-refractivity contribution in [2.75, 3.05) is 19.0 Å². The van der Waals surface area contributed by atoms with Crippen molar-refractivity contribution in [1.82, 2.24) is 4.98 Å². The molecule has 2 aromatic rings. The molecule has 0 saturated heterocycles. The highest BCUT2D eigenvalue weighted by Gasteiger charge is 2.12. The van der Waals surface area contributed by atoms with Crippen molar-refractivity contribution in [2.24, 2.45) is 0 Å². The fourth-order valence-corrected chi connectivity index (χ4v) is 1.83. The number of halogens is 1. The smallest absolute Gasteiger partial charge is 0.340 e. The SMILES string of the molecule is COc1ccc(Cl)cc1NC(=O)COC(=O)c1cccnc1. The van der Waals surface area contributed by atoms with Crippen molar-refractivity contribution in [3.63, 3.8) is 0 Å². The molecule has 6 nitrogen and oxygen atoms in total. The zero-order valence-electron chi connectivity index (χ0n) is 11.7. The lowest BCUT2D eigenvalue weighted by atomic mass is 10.3. The molecule has 0 unspecified atom stereocenters. The Morgan fingerprint density at radius 3 is 2.82 bits per heavy atom. The summed E-state index contributed by atoms with van der Waals surface area (Å²) in [6.45, 7) is -0.427. The predicted octanol–water partition coefficient (Wildman–Crippen LogP) is 2.54. The van der Waals surface area contributed by atoms with Crippen LogP contribution in [0.5, 0.6) is 5.75 Å². The van der Waals surface area contributed by atoms with Gasteiger partial charge in [-0.3, -0.25) is 9.78 Å². The van der Waals surface area contributed by atoms with Crippen molar-refractivity contribution in [3.8, 4) is 5.75 Å². The van der Waals surface area contributed by atoms with Crippen molar-refractivity contribution in [2.45, 2.75) is 0 Å². The minimum absolute atomic E-state index is 0.274. The highest BCUT2D eigenvalue weighted by Crippen LogP contribution is 2.27. The molecule has 7 heteroatoms.